The first kappa shape index (κ1) is 7.75. The third kappa shape index (κ3) is 1.38. The predicted molar refractivity (Wildman–Crippen MR) is 38.3 cm³/mol. The second kappa shape index (κ2) is 2.36. The van der Waals surface area contributed by atoms with Crippen LogP contribution < -0.4 is 0 Å². The van der Waals surface area contributed by atoms with Gasteiger partial charge in [-0.25, -0.2) is 8.42 Å². The summed E-state index contributed by atoms with van der Waals surface area (Å²) >= 11 is 0. The van der Waals surface area contributed by atoms with Crippen molar-refractivity contribution in [2.75, 3.05) is 11.5 Å². The number of hydrogen-bond acceptors (Lipinski definition) is 3. The lowest BCUT2D eigenvalue weighted by atomic mass is 10.1. The second-order valence-corrected chi connectivity index (χ2v) is 4.70. The Morgan fingerprint density at radius 3 is 2.30 bits per heavy atom. The van der Waals surface area contributed by atoms with Crippen molar-refractivity contribution in [1.29, 1.82) is 0 Å². The van der Waals surface area contributed by atoms with Gasteiger partial charge in [-0.1, -0.05) is 6.08 Å². The molecule has 0 amide bonds. The van der Waals surface area contributed by atoms with E-state index in [0.717, 1.165) is 0 Å². The molecule has 0 aliphatic carbocycles. The monoisotopic (exact) mass is 162 g/mol. The Morgan fingerprint density at radius 2 is 2.10 bits per heavy atom. The Bertz CT molecular complexity index is 229. The van der Waals surface area contributed by atoms with Gasteiger partial charge in [0.25, 0.3) is 0 Å². The molecule has 4 heteroatoms. The van der Waals surface area contributed by atoms with Crippen LogP contribution in [-0.2, 0) is 9.84 Å². The van der Waals surface area contributed by atoms with Crippen molar-refractivity contribution in [1.82, 2.24) is 0 Å². The summed E-state index contributed by atoms with van der Waals surface area (Å²) in [5.41, 5.74) is 0. The van der Waals surface area contributed by atoms with Crippen molar-refractivity contribution in [3.05, 3.63) is 12.7 Å². The summed E-state index contributed by atoms with van der Waals surface area (Å²) in [4.78, 5) is 0. The van der Waals surface area contributed by atoms with E-state index in [9.17, 15) is 8.42 Å². The van der Waals surface area contributed by atoms with Gasteiger partial charge in [-0.05, 0) is 0 Å². The molecule has 2 atom stereocenters. The number of aliphatic hydroxyl groups excluding tert-OH is 1. The van der Waals surface area contributed by atoms with Gasteiger partial charge in [0.2, 0.25) is 0 Å². The minimum atomic E-state index is -2.98. The van der Waals surface area contributed by atoms with E-state index in [1.54, 1.807) is 0 Å². The Balaban J connectivity index is 2.80. The molecule has 0 aromatic carbocycles. The molecule has 0 spiro atoms. The fourth-order valence-electron chi connectivity index (χ4n) is 1.08. The summed E-state index contributed by atoms with van der Waals surface area (Å²) < 4.78 is 21.6. The maximum absolute atomic E-state index is 10.8. The van der Waals surface area contributed by atoms with Crippen molar-refractivity contribution in [2.45, 2.75) is 6.10 Å². The number of rotatable bonds is 1. The first-order valence-corrected chi connectivity index (χ1v) is 4.88. The Morgan fingerprint density at radius 1 is 1.50 bits per heavy atom. The molecule has 0 radical (unpaired) electrons. The zero-order chi connectivity index (χ0) is 7.78. The Kier molecular flexibility index (Phi) is 1.83. The lowest BCUT2D eigenvalue weighted by molar-refractivity contribution is 0.171. The van der Waals surface area contributed by atoms with E-state index in [0.29, 0.717) is 0 Å². The lowest BCUT2D eigenvalue weighted by Crippen LogP contribution is -2.14. The molecule has 58 valence electrons. The third-order valence-electron chi connectivity index (χ3n) is 1.67. The fourth-order valence-corrected chi connectivity index (χ4v) is 2.93. The largest absolute Gasteiger partial charge is 0.391 e. The third-order valence-corrected chi connectivity index (χ3v) is 3.41. The molecule has 1 rings (SSSR count). The minimum absolute atomic E-state index is 0.0532. The summed E-state index contributed by atoms with van der Waals surface area (Å²) in [5.74, 6) is -0.313. The van der Waals surface area contributed by atoms with Crippen LogP contribution >= 0.6 is 0 Å². The highest BCUT2D eigenvalue weighted by Gasteiger charge is 2.34. The zero-order valence-electron chi connectivity index (χ0n) is 5.53. The summed E-state index contributed by atoms with van der Waals surface area (Å²) in [7, 11) is -2.98. The molecule has 1 aliphatic rings. The molecule has 0 aromatic heterocycles. The van der Waals surface area contributed by atoms with Crippen LogP contribution in [0.1, 0.15) is 0 Å². The number of sulfone groups is 1. The normalized spacial score (nSPS) is 37.7. The SMILES string of the molecule is C=C[C@@H]1CS(=O)(=O)C[C@@H]1O. The quantitative estimate of drug-likeness (QED) is 0.533. The summed E-state index contributed by atoms with van der Waals surface area (Å²) in [5, 5.41) is 9.07. The molecule has 1 N–H and O–H groups in total. The van der Waals surface area contributed by atoms with E-state index < -0.39 is 15.9 Å². The molecule has 1 fully saturated rings. The molecule has 1 saturated heterocycles. The van der Waals surface area contributed by atoms with Crippen LogP contribution in [0.3, 0.4) is 0 Å². The van der Waals surface area contributed by atoms with Crippen molar-refractivity contribution >= 4 is 9.84 Å². The molecule has 0 saturated carbocycles. The van der Waals surface area contributed by atoms with Gasteiger partial charge in [-0.3, -0.25) is 0 Å². The Labute approximate surface area is 60.3 Å². The molecule has 0 bridgehead atoms. The smallest absolute Gasteiger partial charge is 0.153 e. The highest BCUT2D eigenvalue weighted by Crippen LogP contribution is 2.19. The first-order valence-electron chi connectivity index (χ1n) is 3.06. The van der Waals surface area contributed by atoms with Crippen LogP contribution in [0.25, 0.3) is 0 Å². The molecule has 0 unspecified atom stereocenters. The van der Waals surface area contributed by atoms with Crippen molar-refractivity contribution in [2.24, 2.45) is 5.92 Å². The Hall–Kier alpha value is -0.350. The maximum Gasteiger partial charge on any atom is 0.153 e. The van der Waals surface area contributed by atoms with Gasteiger partial charge in [-0.2, -0.15) is 0 Å². The molecular formula is C6H10O3S. The standard InChI is InChI=1S/C6H10O3S/c1-2-5-3-10(8,9)4-6(5)7/h2,5-7H,1,3-4H2/t5-,6+/m1/s1. The first-order chi connectivity index (χ1) is 4.55. The zero-order valence-corrected chi connectivity index (χ0v) is 6.34. The minimum Gasteiger partial charge on any atom is -0.391 e. The molecular weight excluding hydrogens is 152 g/mol. The van der Waals surface area contributed by atoms with Crippen LogP contribution in [0.4, 0.5) is 0 Å². The van der Waals surface area contributed by atoms with Gasteiger partial charge >= 0.3 is 0 Å². The fraction of sp³-hybridized carbons (Fsp3) is 0.667. The van der Waals surface area contributed by atoms with Crippen LogP contribution in [0, 0.1) is 5.92 Å². The van der Waals surface area contributed by atoms with Gasteiger partial charge in [-0.15, -0.1) is 6.58 Å². The molecule has 0 aromatic rings. The summed E-state index contributed by atoms with van der Waals surface area (Å²) in [6.45, 7) is 3.43. The predicted octanol–water partition coefficient (Wildman–Crippen LogP) is -0.422. The van der Waals surface area contributed by atoms with Crippen molar-refractivity contribution < 1.29 is 13.5 Å². The van der Waals surface area contributed by atoms with Gasteiger partial charge in [0.15, 0.2) is 9.84 Å². The van der Waals surface area contributed by atoms with E-state index in [4.69, 9.17) is 5.11 Å². The van der Waals surface area contributed by atoms with E-state index in [-0.39, 0.29) is 17.4 Å². The average Bonchev–Trinajstić information content (AvgIpc) is 2.05. The molecule has 1 aliphatic heterocycles. The van der Waals surface area contributed by atoms with E-state index in [1.807, 2.05) is 0 Å². The van der Waals surface area contributed by atoms with E-state index in [2.05, 4.69) is 6.58 Å². The number of hydrogen-bond donors (Lipinski definition) is 1. The van der Waals surface area contributed by atoms with Gasteiger partial charge in [0, 0.05) is 5.92 Å². The van der Waals surface area contributed by atoms with Crippen LogP contribution in [0.5, 0.6) is 0 Å². The second-order valence-electron chi connectivity index (χ2n) is 2.54. The average molecular weight is 162 g/mol. The van der Waals surface area contributed by atoms with Crippen molar-refractivity contribution in [3.8, 4) is 0 Å². The highest BCUT2D eigenvalue weighted by molar-refractivity contribution is 7.91. The lowest BCUT2D eigenvalue weighted by Gasteiger charge is -2.03. The maximum atomic E-state index is 10.8. The van der Waals surface area contributed by atoms with E-state index >= 15 is 0 Å². The molecule has 10 heavy (non-hydrogen) atoms. The summed E-state index contributed by atoms with van der Waals surface area (Å²) in [6.07, 6.45) is 0.761. The van der Waals surface area contributed by atoms with E-state index in [1.165, 1.54) is 6.08 Å². The van der Waals surface area contributed by atoms with Gasteiger partial charge < -0.3 is 5.11 Å². The van der Waals surface area contributed by atoms with Crippen LogP contribution in [0.15, 0.2) is 12.7 Å². The number of aliphatic hydroxyl groups is 1. The summed E-state index contributed by atoms with van der Waals surface area (Å²) in [6, 6.07) is 0. The van der Waals surface area contributed by atoms with Crippen LogP contribution in [0.2, 0.25) is 0 Å². The molecule has 3 nitrogen and oxygen atoms in total. The van der Waals surface area contributed by atoms with Gasteiger partial charge in [0.05, 0.1) is 17.6 Å². The van der Waals surface area contributed by atoms with Crippen molar-refractivity contribution in [3.63, 3.8) is 0 Å². The highest BCUT2D eigenvalue weighted by atomic mass is 32.2. The molecule has 1 heterocycles. The topological polar surface area (TPSA) is 54.4 Å². The van der Waals surface area contributed by atoms with Crippen LogP contribution in [-0.4, -0.2) is 31.1 Å². The van der Waals surface area contributed by atoms with Gasteiger partial charge in [0.1, 0.15) is 0 Å².